The number of para-hydroxylation sites is 2. The second-order valence-corrected chi connectivity index (χ2v) is 4.34. The van der Waals surface area contributed by atoms with Gasteiger partial charge in [-0.3, -0.25) is 0 Å². The first-order valence-corrected chi connectivity index (χ1v) is 6.56. The van der Waals surface area contributed by atoms with Gasteiger partial charge in [-0.2, -0.15) is 0 Å². The Bertz CT molecular complexity index is 572. The van der Waals surface area contributed by atoms with E-state index in [9.17, 15) is 4.39 Å². The van der Waals surface area contributed by atoms with Crippen molar-refractivity contribution in [2.45, 2.75) is 20.1 Å². The van der Waals surface area contributed by atoms with Crippen molar-refractivity contribution < 1.29 is 13.9 Å². The molecule has 0 aliphatic heterocycles. The predicted octanol–water partition coefficient (Wildman–Crippen LogP) is 3.26. The number of hydrogen-bond donors (Lipinski definition) is 1. The van der Waals surface area contributed by atoms with E-state index < -0.39 is 0 Å². The maximum Gasteiger partial charge on any atom is 0.161 e. The van der Waals surface area contributed by atoms with Crippen LogP contribution in [0.25, 0.3) is 0 Å². The van der Waals surface area contributed by atoms with Crippen LogP contribution in [-0.4, -0.2) is 6.61 Å². The van der Waals surface area contributed by atoms with Crippen molar-refractivity contribution >= 4 is 0 Å². The maximum atomic E-state index is 13.4. The lowest BCUT2D eigenvalue weighted by Gasteiger charge is -2.12. The molecule has 0 amide bonds. The van der Waals surface area contributed by atoms with Gasteiger partial charge >= 0.3 is 0 Å². The highest BCUT2D eigenvalue weighted by Crippen LogP contribution is 2.27. The molecule has 0 spiro atoms. The summed E-state index contributed by atoms with van der Waals surface area (Å²) in [6.07, 6.45) is 0. The lowest BCUT2D eigenvalue weighted by atomic mass is 10.1. The molecule has 3 nitrogen and oxygen atoms in total. The van der Waals surface area contributed by atoms with Crippen LogP contribution in [0, 0.1) is 5.82 Å². The second-order valence-electron chi connectivity index (χ2n) is 4.34. The Morgan fingerprint density at radius 1 is 1.00 bits per heavy atom. The molecule has 2 rings (SSSR count). The number of nitrogens with two attached hydrogens (primary N) is 1. The average molecular weight is 275 g/mol. The van der Waals surface area contributed by atoms with Crippen molar-refractivity contribution in [2.24, 2.45) is 5.73 Å². The van der Waals surface area contributed by atoms with E-state index in [-0.39, 0.29) is 12.4 Å². The van der Waals surface area contributed by atoms with Crippen LogP contribution in [0.1, 0.15) is 18.1 Å². The van der Waals surface area contributed by atoms with E-state index in [4.69, 9.17) is 15.2 Å². The van der Waals surface area contributed by atoms with Gasteiger partial charge in [0.1, 0.15) is 12.4 Å². The van der Waals surface area contributed by atoms with Crippen LogP contribution in [0.5, 0.6) is 11.5 Å². The third-order valence-electron chi connectivity index (χ3n) is 2.80. The van der Waals surface area contributed by atoms with Gasteiger partial charge in [-0.05, 0) is 42.3 Å². The summed E-state index contributed by atoms with van der Waals surface area (Å²) < 4.78 is 24.6. The lowest BCUT2D eigenvalue weighted by molar-refractivity contribution is 0.269. The van der Waals surface area contributed by atoms with Crippen LogP contribution in [0.2, 0.25) is 0 Å². The van der Waals surface area contributed by atoms with E-state index in [1.807, 2.05) is 37.3 Å². The molecule has 2 aromatic rings. The molecule has 4 heteroatoms. The summed E-state index contributed by atoms with van der Waals surface area (Å²) in [7, 11) is 0. The summed E-state index contributed by atoms with van der Waals surface area (Å²) >= 11 is 0. The zero-order chi connectivity index (χ0) is 14.4. The number of rotatable bonds is 6. The van der Waals surface area contributed by atoms with Gasteiger partial charge in [0.15, 0.2) is 11.5 Å². The molecule has 0 fully saturated rings. The Morgan fingerprint density at radius 2 is 1.65 bits per heavy atom. The normalized spacial score (nSPS) is 10.3. The smallest absolute Gasteiger partial charge is 0.161 e. The Kier molecular flexibility index (Phi) is 4.96. The molecule has 106 valence electrons. The van der Waals surface area contributed by atoms with Gasteiger partial charge in [0, 0.05) is 6.54 Å². The third kappa shape index (κ3) is 3.71. The van der Waals surface area contributed by atoms with Gasteiger partial charge < -0.3 is 15.2 Å². The number of hydrogen-bond acceptors (Lipinski definition) is 3. The van der Waals surface area contributed by atoms with Crippen LogP contribution >= 0.6 is 0 Å². The monoisotopic (exact) mass is 275 g/mol. The molecule has 0 aliphatic rings. The highest BCUT2D eigenvalue weighted by Gasteiger charge is 2.05. The Balaban J connectivity index is 2.10. The predicted molar refractivity (Wildman–Crippen MR) is 76.2 cm³/mol. The Hall–Kier alpha value is -2.07. The lowest BCUT2D eigenvalue weighted by Crippen LogP contribution is -2.02. The Morgan fingerprint density at radius 3 is 2.30 bits per heavy atom. The van der Waals surface area contributed by atoms with E-state index in [0.29, 0.717) is 24.7 Å². The summed E-state index contributed by atoms with van der Waals surface area (Å²) in [5, 5.41) is 0. The van der Waals surface area contributed by atoms with Gasteiger partial charge in [0.2, 0.25) is 0 Å². The molecular weight excluding hydrogens is 257 g/mol. The minimum absolute atomic E-state index is 0.273. The molecule has 0 bridgehead atoms. The minimum Gasteiger partial charge on any atom is -0.490 e. The van der Waals surface area contributed by atoms with E-state index in [0.717, 1.165) is 11.1 Å². The van der Waals surface area contributed by atoms with Crippen molar-refractivity contribution in [1.29, 1.82) is 0 Å². The minimum atomic E-state index is -0.301. The van der Waals surface area contributed by atoms with Crippen LogP contribution in [0.15, 0.2) is 42.5 Å². The standard InChI is InChI=1S/C16H18FNO2/c1-2-19-15-5-3-4-6-16(15)20-11-13-7-12(10-18)8-14(17)9-13/h3-9H,2,10-11,18H2,1H3. The molecule has 0 saturated heterocycles. The van der Waals surface area contributed by atoms with Crippen LogP contribution in [0.4, 0.5) is 4.39 Å². The van der Waals surface area contributed by atoms with E-state index in [1.165, 1.54) is 12.1 Å². The van der Waals surface area contributed by atoms with Crippen molar-refractivity contribution in [3.8, 4) is 11.5 Å². The number of halogens is 1. The largest absolute Gasteiger partial charge is 0.490 e. The first-order chi connectivity index (χ1) is 9.72. The van der Waals surface area contributed by atoms with Crippen LogP contribution in [-0.2, 0) is 13.2 Å². The van der Waals surface area contributed by atoms with Gasteiger partial charge in [0.05, 0.1) is 6.61 Å². The van der Waals surface area contributed by atoms with E-state index >= 15 is 0 Å². The molecule has 0 aromatic heterocycles. The van der Waals surface area contributed by atoms with Crippen molar-refractivity contribution in [3.63, 3.8) is 0 Å². The second kappa shape index (κ2) is 6.91. The fourth-order valence-corrected chi connectivity index (χ4v) is 1.92. The topological polar surface area (TPSA) is 44.5 Å². The highest BCUT2D eigenvalue weighted by molar-refractivity contribution is 5.39. The van der Waals surface area contributed by atoms with Gasteiger partial charge in [0.25, 0.3) is 0 Å². The number of benzene rings is 2. The molecule has 20 heavy (non-hydrogen) atoms. The summed E-state index contributed by atoms with van der Waals surface area (Å²) in [6.45, 7) is 3.06. The van der Waals surface area contributed by atoms with Gasteiger partial charge in [-0.1, -0.05) is 18.2 Å². The molecule has 0 unspecified atom stereocenters. The zero-order valence-corrected chi connectivity index (χ0v) is 11.4. The number of ether oxygens (including phenoxy) is 2. The summed E-state index contributed by atoms with van der Waals surface area (Å²) in [6, 6.07) is 12.1. The van der Waals surface area contributed by atoms with Crippen LogP contribution < -0.4 is 15.2 Å². The highest BCUT2D eigenvalue weighted by atomic mass is 19.1. The van der Waals surface area contributed by atoms with Crippen molar-refractivity contribution in [1.82, 2.24) is 0 Å². The zero-order valence-electron chi connectivity index (χ0n) is 11.4. The van der Waals surface area contributed by atoms with E-state index in [1.54, 1.807) is 0 Å². The molecule has 0 saturated carbocycles. The third-order valence-corrected chi connectivity index (χ3v) is 2.80. The maximum absolute atomic E-state index is 13.4. The Labute approximate surface area is 118 Å². The first-order valence-electron chi connectivity index (χ1n) is 6.56. The van der Waals surface area contributed by atoms with Gasteiger partial charge in [-0.15, -0.1) is 0 Å². The molecule has 2 N–H and O–H groups in total. The fraction of sp³-hybridized carbons (Fsp3) is 0.250. The quantitative estimate of drug-likeness (QED) is 0.880. The van der Waals surface area contributed by atoms with Gasteiger partial charge in [-0.25, -0.2) is 4.39 Å². The first kappa shape index (κ1) is 14.3. The molecule has 0 atom stereocenters. The SMILES string of the molecule is CCOc1ccccc1OCc1cc(F)cc(CN)c1. The molecule has 0 aliphatic carbocycles. The van der Waals surface area contributed by atoms with Crippen LogP contribution in [0.3, 0.4) is 0 Å². The molecule has 0 radical (unpaired) electrons. The van der Waals surface area contributed by atoms with E-state index in [2.05, 4.69) is 0 Å². The fourth-order valence-electron chi connectivity index (χ4n) is 1.92. The van der Waals surface area contributed by atoms with Crippen molar-refractivity contribution in [2.75, 3.05) is 6.61 Å². The average Bonchev–Trinajstić information content (AvgIpc) is 2.46. The summed E-state index contributed by atoms with van der Waals surface area (Å²) in [4.78, 5) is 0. The molecule has 0 heterocycles. The summed E-state index contributed by atoms with van der Waals surface area (Å²) in [5.74, 6) is 1.03. The van der Waals surface area contributed by atoms with Crippen molar-refractivity contribution in [3.05, 3.63) is 59.4 Å². The molecular formula is C16H18FNO2. The molecule has 2 aromatic carbocycles. The summed E-state index contributed by atoms with van der Waals surface area (Å²) in [5.41, 5.74) is 7.03.